The number of likely N-dealkylation sites (tertiary alicyclic amines) is 1. The van der Waals surface area contributed by atoms with E-state index in [0.29, 0.717) is 25.2 Å². The number of urea groups is 1. The molecule has 0 spiro atoms. The van der Waals surface area contributed by atoms with Gasteiger partial charge in [0.15, 0.2) is 0 Å². The van der Waals surface area contributed by atoms with Crippen LogP contribution in [0.2, 0.25) is 0 Å². The quantitative estimate of drug-likeness (QED) is 0.776. The number of carbonyl (C=O) groups is 3. The van der Waals surface area contributed by atoms with Crippen molar-refractivity contribution in [3.63, 3.8) is 0 Å². The number of imide groups is 1. The molecule has 3 atom stereocenters. The molecule has 1 aromatic carbocycles. The van der Waals surface area contributed by atoms with Gasteiger partial charge < -0.3 is 15.3 Å². The molecule has 150 valence electrons. The number of para-hydroxylation sites is 1. The summed E-state index contributed by atoms with van der Waals surface area (Å²) in [6.07, 6.45) is 5.09. The standard InChI is InChI=1S/C21H27N3O4/c25-18(23-13-12-21(28)11-5-4-6-15(21)14-23)10-9-17-19(26)24(20(27)22-17)16-7-2-1-3-8-16/h1-3,7-8,15,17,28H,4-6,9-14H2,(H,22,27)/t15-,17-,21+/m0/s1. The van der Waals surface area contributed by atoms with E-state index in [0.717, 1.165) is 30.6 Å². The van der Waals surface area contributed by atoms with Gasteiger partial charge in [-0.3, -0.25) is 9.59 Å². The Kier molecular flexibility index (Phi) is 5.10. The van der Waals surface area contributed by atoms with E-state index in [1.165, 1.54) is 0 Å². The molecule has 1 aliphatic carbocycles. The van der Waals surface area contributed by atoms with Crippen molar-refractivity contribution in [2.24, 2.45) is 5.92 Å². The normalized spacial score (nSPS) is 30.2. The van der Waals surface area contributed by atoms with Crippen LogP contribution in [0.15, 0.2) is 30.3 Å². The molecule has 0 radical (unpaired) electrons. The first-order valence-electron chi connectivity index (χ1n) is 10.2. The van der Waals surface area contributed by atoms with Crippen molar-refractivity contribution in [1.82, 2.24) is 10.2 Å². The molecule has 0 unspecified atom stereocenters. The number of amides is 4. The highest BCUT2D eigenvalue weighted by atomic mass is 16.3. The Morgan fingerprint density at radius 3 is 2.75 bits per heavy atom. The second-order valence-electron chi connectivity index (χ2n) is 8.19. The molecule has 7 heteroatoms. The predicted molar refractivity (Wildman–Crippen MR) is 104 cm³/mol. The molecular weight excluding hydrogens is 358 g/mol. The van der Waals surface area contributed by atoms with Gasteiger partial charge in [0.1, 0.15) is 6.04 Å². The highest BCUT2D eigenvalue weighted by Gasteiger charge is 2.44. The Labute approximate surface area is 164 Å². The maximum atomic E-state index is 12.7. The molecular formula is C21H27N3O4. The van der Waals surface area contributed by atoms with Crippen molar-refractivity contribution in [1.29, 1.82) is 0 Å². The number of hydrogen-bond acceptors (Lipinski definition) is 4. The first-order chi connectivity index (χ1) is 13.5. The van der Waals surface area contributed by atoms with E-state index in [2.05, 4.69) is 5.32 Å². The fourth-order valence-corrected chi connectivity index (χ4v) is 4.77. The lowest BCUT2D eigenvalue weighted by atomic mass is 9.71. The van der Waals surface area contributed by atoms with Gasteiger partial charge in [-0.2, -0.15) is 0 Å². The largest absolute Gasteiger partial charge is 0.389 e. The summed E-state index contributed by atoms with van der Waals surface area (Å²) < 4.78 is 0. The molecule has 0 bridgehead atoms. The number of hydrogen-bond donors (Lipinski definition) is 2. The van der Waals surface area contributed by atoms with Gasteiger partial charge in [0, 0.05) is 25.4 Å². The Bertz CT molecular complexity index is 768. The number of anilines is 1. The van der Waals surface area contributed by atoms with Gasteiger partial charge in [-0.1, -0.05) is 31.0 Å². The van der Waals surface area contributed by atoms with Gasteiger partial charge in [-0.25, -0.2) is 9.69 Å². The van der Waals surface area contributed by atoms with Gasteiger partial charge in [-0.05, 0) is 37.8 Å². The van der Waals surface area contributed by atoms with Crippen LogP contribution in [0.25, 0.3) is 0 Å². The van der Waals surface area contributed by atoms with Crippen molar-refractivity contribution >= 4 is 23.5 Å². The van der Waals surface area contributed by atoms with Gasteiger partial charge in [-0.15, -0.1) is 0 Å². The van der Waals surface area contributed by atoms with Crippen molar-refractivity contribution < 1.29 is 19.5 Å². The number of fused-ring (bicyclic) bond motifs is 1. The summed E-state index contributed by atoms with van der Waals surface area (Å²) in [7, 11) is 0. The number of benzene rings is 1. The molecule has 2 aliphatic heterocycles. The van der Waals surface area contributed by atoms with Crippen LogP contribution in [0.4, 0.5) is 10.5 Å². The number of piperidine rings is 1. The Morgan fingerprint density at radius 1 is 1.18 bits per heavy atom. The Hall–Kier alpha value is -2.41. The third-order valence-corrected chi connectivity index (χ3v) is 6.46. The summed E-state index contributed by atoms with van der Waals surface area (Å²) in [5, 5.41) is 13.4. The van der Waals surface area contributed by atoms with Crippen molar-refractivity contribution in [2.75, 3.05) is 18.0 Å². The second-order valence-corrected chi connectivity index (χ2v) is 8.19. The van der Waals surface area contributed by atoms with E-state index in [9.17, 15) is 19.5 Å². The lowest BCUT2D eigenvalue weighted by Crippen LogP contribution is -2.54. The van der Waals surface area contributed by atoms with Gasteiger partial charge in [0.05, 0.1) is 11.3 Å². The van der Waals surface area contributed by atoms with Crippen LogP contribution in [0.3, 0.4) is 0 Å². The topological polar surface area (TPSA) is 90.0 Å². The molecule has 7 nitrogen and oxygen atoms in total. The number of nitrogens with one attached hydrogen (secondary N) is 1. The maximum absolute atomic E-state index is 12.7. The average Bonchev–Trinajstić information content (AvgIpc) is 2.99. The minimum absolute atomic E-state index is 0.00664. The van der Waals surface area contributed by atoms with Crippen LogP contribution < -0.4 is 10.2 Å². The third kappa shape index (κ3) is 3.51. The molecule has 28 heavy (non-hydrogen) atoms. The lowest BCUT2D eigenvalue weighted by Gasteiger charge is -2.47. The van der Waals surface area contributed by atoms with E-state index in [-0.39, 0.29) is 30.6 Å². The van der Waals surface area contributed by atoms with Gasteiger partial charge >= 0.3 is 6.03 Å². The summed E-state index contributed by atoms with van der Waals surface area (Å²) >= 11 is 0. The molecule has 0 aromatic heterocycles. The Morgan fingerprint density at radius 2 is 1.96 bits per heavy atom. The first-order valence-corrected chi connectivity index (χ1v) is 10.2. The molecule has 2 N–H and O–H groups in total. The number of rotatable bonds is 4. The fourth-order valence-electron chi connectivity index (χ4n) is 4.77. The molecule has 3 fully saturated rings. The zero-order valence-electron chi connectivity index (χ0n) is 16.0. The van der Waals surface area contributed by atoms with Crippen molar-refractivity contribution in [2.45, 2.75) is 56.6 Å². The molecule has 2 heterocycles. The van der Waals surface area contributed by atoms with Crippen LogP contribution >= 0.6 is 0 Å². The third-order valence-electron chi connectivity index (χ3n) is 6.46. The summed E-state index contributed by atoms with van der Waals surface area (Å²) in [6.45, 7) is 1.16. The average molecular weight is 385 g/mol. The highest BCUT2D eigenvalue weighted by molar-refractivity contribution is 6.21. The molecule has 4 rings (SSSR count). The van der Waals surface area contributed by atoms with E-state index in [1.54, 1.807) is 24.3 Å². The van der Waals surface area contributed by atoms with Crippen molar-refractivity contribution in [3.05, 3.63) is 30.3 Å². The molecule has 1 saturated carbocycles. The van der Waals surface area contributed by atoms with E-state index in [4.69, 9.17) is 0 Å². The molecule has 3 aliphatic rings. The molecule has 4 amide bonds. The van der Waals surface area contributed by atoms with Crippen LogP contribution in [0, 0.1) is 5.92 Å². The zero-order valence-corrected chi connectivity index (χ0v) is 16.0. The number of nitrogens with zero attached hydrogens (tertiary/aromatic N) is 2. The smallest absolute Gasteiger partial charge is 0.329 e. The van der Waals surface area contributed by atoms with Gasteiger partial charge in [0.25, 0.3) is 5.91 Å². The van der Waals surface area contributed by atoms with E-state index >= 15 is 0 Å². The number of aliphatic hydroxyl groups is 1. The van der Waals surface area contributed by atoms with Crippen LogP contribution in [0.1, 0.15) is 44.9 Å². The molecule has 1 aromatic rings. The fraction of sp³-hybridized carbons (Fsp3) is 0.571. The maximum Gasteiger partial charge on any atom is 0.329 e. The van der Waals surface area contributed by atoms with E-state index < -0.39 is 17.7 Å². The summed E-state index contributed by atoms with van der Waals surface area (Å²) in [4.78, 5) is 40.5. The number of carbonyl (C=O) groups excluding carboxylic acids is 3. The Balaban J connectivity index is 1.33. The monoisotopic (exact) mass is 385 g/mol. The van der Waals surface area contributed by atoms with Crippen LogP contribution in [0.5, 0.6) is 0 Å². The minimum Gasteiger partial charge on any atom is -0.389 e. The minimum atomic E-state index is -0.673. The first kappa shape index (κ1) is 18.9. The molecule has 2 saturated heterocycles. The van der Waals surface area contributed by atoms with Crippen LogP contribution in [-0.2, 0) is 9.59 Å². The predicted octanol–water partition coefficient (Wildman–Crippen LogP) is 2.05. The SMILES string of the molecule is O=C(CC[C@@H]1NC(=O)N(c2ccccc2)C1=O)N1CC[C@]2(O)CCCC[C@H]2C1. The zero-order chi connectivity index (χ0) is 19.7. The van der Waals surface area contributed by atoms with E-state index in [1.807, 2.05) is 11.0 Å². The van der Waals surface area contributed by atoms with Crippen molar-refractivity contribution in [3.8, 4) is 0 Å². The summed E-state index contributed by atoms with van der Waals surface area (Å²) in [5.74, 6) is -0.169. The van der Waals surface area contributed by atoms with Gasteiger partial charge in [0.2, 0.25) is 5.91 Å². The van der Waals surface area contributed by atoms with Crippen LogP contribution in [-0.4, -0.2) is 52.6 Å². The second kappa shape index (κ2) is 7.54. The highest BCUT2D eigenvalue weighted by Crippen LogP contribution is 2.39. The lowest BCUT2D eigenvalue weighted by molar-refractivity contribution is -0.143. The summed E-state index contributed by atoms with van der Waals surface area (Å²) in [6, 6.07) is 7.68. The summed E-state index contributed by atoms with van der Waals surface area (Å²) in [5.41, 5.74) is -0.0768.